The minimum absolute atomic E-state index is 0.189. The molecule has 4 rings (SSSR count). The Kier molecular flexibility index (Phi) is 11.9. The van der Waals surface area contributed by atoms with E-state index in [0.29, 0.717) is 0 Å². The fraction of sp³-hybridized carbons (Fsp3) is 0.200. The van der Waals surface area contributed by atoms with E-state index in [1.807, 2.05) is 100 Å². The van der Waals surface area contributed by atoms with Crippen LogP contribution in [0.5, 0.6) is 23.0 Å². The third kappa shape index (κ3) is 10.6. The molecule has 2 N–H and O–H groups in total. The Morgan fingerprint density at radius 1 is 0.486 bits per heavy atom. The first kappa shape index (κ1) is 29.1. The number of phenols is 2. The van der Waals surface area contributed by atoms with E-state index in [1.54, 1.807) is 24.3 Å². The van der Waals surface area contributed by atoms with Crippen LogP contribution in [0.3, 0.4) is 0 Å². The lowest BCUT2D eigenvalue weighted by Gasteiger charge is -2.10. The second-order valence-corrected chi connectivity index (χ2v) is 8.68. The third-order valence-electron chi connectivity index (χ3n) is 4.85. The van der Waals surface area contributed by atoms with Gasteiger partial charge >= 0.3 is 11.6 Å². The van der Waals surface area contributed by atoms with Crippen molar-refractivity contribution in [3.05, 3.63) is 97.1 Å². The topological polar surface area (TPSA) is 93.1 Å². The zero-order valence-electron chi connectivity index (χ0n) is 21.3. The lowest BCUT2D eigenvalue weighted by Crippen LogP contribution is -2.05. The summed E-state index contributed by atoms with van der Waals surface area (Å²) in [5.41, 5.74) is 4.39. The van der Waals surface area contributed by atoms with Crippen molar-refractivity contribution in [2.75, 3.05) is 0 Å². The Labute approximate surface area is 221 Å². The number of benzene rings is 4. The lowest BCUT2D eigenvalue weighted by atomic mass is 10.1. The van der Waals surface area contributed by atoms with Crippen LogP contribution in [0.15, 0.2) is 97.1 Å². The molecular formula is C30H32O6S. The molecule has 0 radical (unpaired) electrons. The number of ether oxygens (including phenoxy) is 2. The summed E-state index contributed by atoms with van der Waals surface area (Å²) in [5.74, 6) is 2.33. The van der Waals surface area contributed by atoms with Gasteiger partial charge in [0.15, 0.2) is 0 Å². The molecule has 0 saturated heterocycles. The molecule has 0 aliphatic rings. The Bertz CT molecular complexity index is 1130. The maximum absolute atomic E-state index is 9.23. The molecule has 0 bridgehead atoms. The molecule has 0 aliphatic carbocycles. The summed E-state index contributed by atoms with van der Waals surface area (Å²) in [6.45, 7) is 8.03. The van der Waals surface area contributed by atoms with Crippen molar-refractivity contribution in [3.8, 4) is 45.3 Å². The van der Waals surface area contributed by atoms with Crippen LogP contribution >= 0.6 is 0 Å². The standard InChI is InChI=1S/2C15H16O2.O2S/c2*1-11(2)17-15-9-5-13(6-10-15)12-3-7-14(16)8-4-12;1-3-2/h2*3-11,16H,1-2H3;. The first-order valence-corrected chi connectivity index (χ1v) is 12.4. The fourth-order valence-electron chi connectivity index (χ4n) is 3.30. The van der Waals surface area contributed by atoms with Crippen LogP contribution in [0, 0.1) is 0 Å². The second-order valence-electron chi connectivity index (χ2n) is 8.54. The number of phenolic OH excluding ortho intramolecular Hbond substituents is 2. The highest BCUT2D eigenvalue weighted by atomic mass is 32.1. The molecule has 0 fully saturated rings. The van der Waals surface area contributed by atoms with Gasteiger partial charge in [0.1, 0.15) is 23.0 Å². The van der Waals surface area contributed by atoms with Crippen LogP contribution in [-0.2, 0) is 11.6 Å². The smallest absolute Gasteiger partial charge is 0.335 e. The summed E-state index contributed by atoms with van der Waals surface area (Å²) < 4.78 is 27.8. The second kappa shape index (κ2) is 15.1. The number of hydrogen-bond donors (Lipinski definition) is 2. The summed E-state index contributed by atoms with van der Waals surface area (Å²) >= 11 is -0.750. The van der Waals surface area contributed by atoms with E-state index in [4.69, 9.17) is 17.9 Å². The molecule has 0 aromatic heterocycles. The van der Waals surface area contributed by atoms with Gasteiger partial charge in [-0.2, -0.15) is 8.42 Å². The summed E-state index contributed by atoms with van der Waals surface area (Å²) in [4.78, 5) is 0. The maximum atomic E-state index is 9.23. The van der Waals surface area contributed by atoms with Crippen LogP contribution in [0.4, 0.5) is 0 Å². The molecular weight excluding hydrogens is 488 g/mol. The normalized spacial score (nSPS) is 10.0. The van der Waals surface area contributed by atoms with Crippen molar-refractivity contribution >= 4 is 11.6 Å². The van der Waals surface area contributed by atoms with Crippen molar-refractivity contribution < 1.29 is 28.1 Å². The predicted molar refractivity (Wildman–Crippen MR) is 148 cm³/mol. The quantitative estimate of drug-likeness (QED) is 0.284. The van der Waals surface area contributed by atoms with Gasteiger partial charge in [-0.1, -0.05) is 48.5 Å². The molecule has 6 nitrogen and oxygen atoms in total. The zero-order valence-corrected chi connectivity index (χ0v) is 22.1. The highest BCUT2D eigenvalue weighted by molar-refractivity contribution is 7.51. The van der Waals surface area contributed by atoms with E-state index < -0.39 is 11.6 Å². The van der Waals surface area contributed by atoms with Gasteiger partial charge in [0.25, 0.3) is 0 Å². The number of rotatable bonds is 6. The summed E-state index contributed by atoms with van der Waals surface area (Å²) in [6.07, 6.45) is 0.379. The Hall–Kier alpha value is -4.10. The van der Waals surface area contributed by atoms with Gasteiger partial charge in [0.05, 0.1) is 12.2 Å². The van der Waals surface area contributed by atoms with Gasteiger partial charge in [-0.05, 0) is 98.5 Å². The average Bonchev–Trinajstić information content (AvgIpc) is 2.86. The molecule has 0 saturated carbocycles. The van der Waals surface area contributed by atoms with Gasteiger partial charge in [0.2, 0.25) is 0 Å². The van der Waals surface area contributed by atoms with Gasteiger partial charge in [0, 0.05) is 0 Å². The first-order chi connectivity index (χ1) is 17.7. The molecule has 4 aromatic carbocycles. The minimum atomic E-state index is -0.750. The zero-order chi connectivity index (χ0) is 27.2. The molecule has 0 aliphatic heterocycles. The maximum Gasteiger partial charge on any atom is 0.335 e. The van der Waals surface area contributed by atoms with Crippen molar-refractivity contribution in [1.82, 2.24) is 0 Å². The highest BCUT2D eigenvalue weighted by Crippen LogP contribution is 2.25. The largest absolute Gasteiger partial charge is 0.508 e. The molecule has 37 heavy (non-hydrogen) atoms. The predicted octanol–water partition coefficient (Wildman–Crippen LogP) is 7.02. The van der Waals surface area contributed by atoms with Crippen LogP contribution in [0.1, 0.15) is 27.7 Å². The highest BCUT2D eigenvalue weighted by Gasteiger charge is 2.01. The molecule has 0 atom stereocenters. The van der Waals surface area contributed by atoms with E-state index >= 15 is 0 Å². The van der Waals surface area contributed by atoms with E-state index in [-0.39, 0.29) is 23.7 Å². The number of hydrogen-bond acceptors (Lipinski definition) is 6. The fourth-order valence-corrected chi connectivity index (χ4v) is 3.30. The van der Waals surface area contributed by atoms with E-state index in [0.717, 1.165) is 33.8 Å². The SMILES string of the molecule is CC(C)Oc1ccc(-c2ccc(O)cc2)cc1.CC(C)Oc1ccc(-c2ccc(O)cc2)cc1.O=S=O. The molecule has 0 heterocycles. The molecule has 7 heteroatoms. The van der Waals surface area contributed by atoms with Crippen LogP contribution < -0.4 is 9.47 Å². The summed E-state index contributed by atoms with van der Waals surface area (Å²) in [6, 6.07) is 30.3. The molecule has 0 amide bonds. The summed E-state index contributed by atoms with van der Waals surface area (Å²) in [5, 5.41) is 18.5. The van der Waals surface area contributed by atoms with E-state index in [1.165, 1.54) is 0 Å². The molecule has 194 valence electrons. The molecule has 0 unspecified atom stereocenters. The van der Waals surface area contributed by atoms with Gasteiger partial charge in [-0.15, -0.1) is 0 Å². The van der Waals surface area contributed by atoms with Crippen LogP contribution in [0.25, 0.3) is 22.3 Å². The van der Waals surface area contributed by atoms with Crippen molar-refractivity contribution in [2.24, 2.45) is 0 Å². The minimum Gasteiger partial charge on any atom is -0.508 e. The monoisotopic (exact) mass is 520 g/mol. The Balaban J connectivity index is 0.000000235. The van der Waals surface area contributed by atoms with Gasteiger partial charge < -0.3 is 19.7 Å². The first-order valence-electron chi connectivity index (χ1n) is 11.8. The van der Waals surface area contributed by atoms with E-state index in [9.17, 15) is 10.2 Å². The van der Waals surface area contributed by atoms with Gasteiger partial charge in [-0.3, -0.25) is 0 Å². The molecule has 4 aromatic rings. The Morgan fingerprint density at radius 3 is 0.919 bits per heavy atom. The van der Waals surface area contributed by atoms with Crippen LogP contribution in [-0.4, -0.2) is 30.8 Å². The lowest BCUT2D eigenvalue weighted by molar-refractivity contribution is 0.242. The summed E-state index contributed by atoms with van der Waals surface area (Å²) in [7, 11) is 0. The third-order valence-corrected chi connectivity index (χ3v) is 4.85. The van der Waals surface area contributed by atoms with Crippen molar-refractivity contribution in [3.63, 3.8) is 0 Å². The van der Waals surface area contributed by atoms with Crippen molar-refractivity contribution in [2.45, 2.75) is 39.9 Å². The molecule has 0 spiro atoms. The van der Waals surface area contributed by atoms with Crippen LogP contribution in [0.2, 0.25) is 0 Å². The number of aromatic hydroxyl groups is 2. The average molecular weight is 521 g/mol. The Morgan fingerprint density at radius 2 is 0.703 bits per heavy atom. The van der Waals surface area contributed by atoms with Crippen molar-refractivity contribution in [1.29, 1.82) is 0 Å². The van der Waals surface area contributed by atoms with E-state index in [2.05, 4.69) is 0 Å². The van der Waals surface area contributed by atoms with Gasteiger partial charge in [-0.25, -0.2) is 0 Å².